The average Bonchev–Trinajstić information content (AvgIpc) is 2.88. The minimum absolute atomic E-state index is 0.00535. The predicted molar refractivity (Wildman–Crippen MR) is 91.8 cm³/mol. The number of ketones is 2. The van der Waals surface area contributed by atoms with Crippen molar-refractivity contribution in [2.24, 2.45) is 0 Å². The number of furan rings is 1. The van der Waals surface area contributed by atoms with E-state index in [-0.39, 0.29) is 47.2 Å². The molecule has 0 saturated carbocycles. The zero-order valence-electron chi connectivity index (χ0n) is 13.7. The average molecular weight is 359 g/mol. The summed E-state index contributed by atoms with van der Waals surface area (Å²) < 4.78 is 5.30. The highest BCUT2D eigenvalue weighted by atomic mass is 35.5. The molecule has 1 N–H and O–H groups in total. The van der Waals surface area contributed by atoms with Gasteiger partial charge in [-0.25, -0.2) is 0 Å². The molecule has 1 heterocycles. The van der Waals surface area contributed by atoms with Gasteiger partial charge < -0.3 is 4.42 Å². The maximum atomic E-state index is 12.0. The maximum Gasteiger partial charge on any atom is 0.227 e. The fourth-order valence-electron chi connectivity index (χ4n) is 2.36. The quantitative estimate of drug-likeness (QED) is 0.789. The standard InChI is InChI=1S/C18H15ClN2O4/c1-10(22)17-11(2)25-18(14(17)9-20)21-16(24)8-7-15(23)12-3-5-13(19)6-4-12/h3-6H,7-8H2,1-2H3,(H,21,24). The molecule has 6 nitrogen and oxygen atoms in total. The summed E-state index contributed by atoms with van der Waals surface area (Å²) in [5.41, 5.74) is 0.597. The molecule has 0 fully saturated rings. The number of hydrogen-bond acceptors (Lipinski definition) is 5. The van der Waals surface area contributed by atoms with Gasteiger partial charge in [0.25, 0.3) is 0 Å². The van der Waals surface area contributed by atoms with Crippen LogP contribution >= 0.6 is 11.6 Å². The second kappa shape index (κ2) is 7.77. The lowest BCUT2D eigenvalue weighted by molar-refractivity contribution is -0.116. The molecule has 0 aliphatic rings. The van der Waals surface area contributed by atoms with E-state index in [4.69, 9.17) is 16.0 Å². The maximum absolute atomic E-state index is 12.0. The number of nitriles is 1. The van der Waals surface area contributed by atoms with Crippen LogP contribution < -0.4 is 5.32 Å². The van der Waals surface area contributed by atoms with Crippen LogP contribution in [0.2, 0.25) is 5.02 Å². The third kappa shape index (κ3) is 4.34. The number of carbonyl (C=O) groups is 3. The first-order chi connectivity index (χ1) is 11.8. The van der Waals surface area contributed by atoms with Crippen molar-refractivity contribution < 1.29 is 18.8 Å². The summed E-state index contributed by atoms with van der Waals surface area (Å²) in [6, 6.07) is 8.24. The lowest BCUT2D eigenvalue weighted by Crippen LogP contribution is -2.14. The highest BCUT2D eigenvalue weighted by molar-refractivity contribution is 6.30. The topological polar surface area (TPSA) is 100 Å². The van der Waals surface area contributed by atoms with E-state index >= 15 is 0 Å². The summed E-state index contributed by atoms with van der Waals surface area (Å²) in [5.74, 6) is -0.822. The third-order valence-corrected chi connectivity index (χ3v) is 3.80. The van der Waals surface area contributed by atoms with Crippen LogP contribution in [-0.4, -0.2) is 17.5 Å². The molecule has 7 heteroatoms. The van der Waals surface area contributed by atoms with E-state index in [9.17, 15) is 19.6 Å². The van der Waals surface area contributed by atoms with Gasteiger partial charge in [0.1, 0.15) is 17.4 Å². The van der Waals surface area contributed by atoms with Crippen molar-refractivity contribution in [2.75, 3.05) is 5.32 Å². The molecule has 25 heavy (non-hydrogen) atoms. The minimum atomic E-state index is -0.484. The summed E-state index contributed by atoms with van der Waals surface area (Å²) in [6.45, 7) is 2.85. The van der Waals surface area contributed by atoms with E-state index < -0.39 is 5.91 Å². The molecule has 128 valence electrons. The van der Waals surface area contributed by atoms with Crippen LogP contribution in [0.3, 0.4) is 0 Å². The number of carbonyl (C=O) groups excluding carboxylic acids is 3. The Morgan fingerprint density at radius 3 is 2.40 bits per heavy atom. The van der Waals surface area contributed by atoms with Crippen LogP contribution in [0.1, 0.15) is 51.8 Å². The number of amides is 1. The van der Waals surface area contributed by atoms with Crippen LogP contribution in [0.5, 0.6) is 0 Å². The summed E-state index contributed by atoms with van der Waals surface area (Å²) in [7, 11) is 0. The van der Waals surface area contributed by atoms with Crippen molar-refractivity contribution in [3.63, 3.8) is 0 Å². The fourth-order valence-corrected chi connectivity index (χ4v) is 2.49. The first-order valence-corrected chi connectivity index (χ1v) is 7.84. The van der Waals surface area contributed by atoms with Crippen molar-refractivity contribution in [1.82, 2.24) is 0 Å². The van der Waals surface area contributed by atoms with Crippen LogP contribution in [-0.2, 0) is 4.79 Å². The molecule has 0 atom stereocenters. The van der Waals surface area contributed by atoms with E-state index in [2.05, 4.69) is 5.32 Å². The van der Waals surface area contributed by atoms with Gasteiger partial charge in [0.15, 0.2) is 11.6 Å². The molecule has 0 bridgehead atoms. The number of nitrogens with one attached hydrogen (secondary N) is 1. The van der Waals surface area contributed by atoms with Gasteiger partial charge in [0.05, 0.1) is 5.56 Å². The monoisotopic (exact) mass is 358 g/mol. The van der Waals surface area contributed by atoms with E-state index in [1.54, 1.807) is 24.3 Å². The largest absolute Gasteiger partial charge is 0.443 e. The molecular formula is C18H15ClN2O4. The van der Waals surface area contributed by atoms with E-state index in [1.807, 2.05) is 6.07 Å². The Kier molecular flexibility index (Phi) is 5.73. The van der Waals surface area contributed by atoms with E-state index in [0.717, 1.165) is 0 Å². The number of hydrogen-bond donors (Lipinski definition) is 1. The van der Waals surface area contributed by atoms with Crippen LogP contribution in [0.15, 0.2) is 28.7 Å². The molecule has 1 aromatic heterocycles. The second-order valence-corrected chi connectivity index (χ2v) is 5.82. The van der Waals surface area contributed by atoms with Crippen molar-refractivity contribution >= 4 is 35.0 Å². The Bertz CT molecular complexity index is 876. The van der Waals surface area contributed by atoms with Crippen LogP contribution in [0.25, 0.3) is 0 Å². The second-order valence-electron chi connectivity index (χ2n) is 5.38. The number of benzene rings is 1. The predicted octanol–water partition coefficient (Wildman–Crippen LogP) is 3.92. The first-order valence-electron chi connectivity index (χ1n) is 7.46. The number of Topliss-reactive ketones (excluding diaryl/α,β-unsaturated/α-hetero) is 2. The molecule has 1 amide bonds. The highest BCUT2D eigenvalue weighted by Crippen LogP contribution is 2.27. The molecule has 1 aromatic carbocycles. The lowest BCUT2D eigenvalue weighted by Gasteiger charge is -2.03. The zero-order chi connectivity index (χ0) is 18.6. The smallest absolute Gasteiger partial charge is 0.227 e. The molecule has 0 radical (unpaired) electrons. The van der Waals surface area contributed by atoms with E-state index in [0.29, 0.717) is 10.6 Å². The van der Waals surface area contributed by atoms with Gasteiger partial charge in [-0.05, 0) is 38.1 Å². The van der Waals surface area contributed by atoms with Crippen molar-refractivity contribution in [2.45, 2.75) is 26.7 Å². The Labute approximate surface area is 149 Å². The summed E-state index contributed by atoms with van der Waals surface area (Å²) in [4.78, 5) is 35.6. The number of rotatable bonds is 6. The molecule has 0 aliphatic heterocycles. The number of aryl methyl sites for hydroxylation is 1. The normalized spacial score (nSPS) is 10.2. The molecule has 2 rings (SSSR count). The fraction of sp³-hybridized carbons (Fsp3) is 0.222. The van der Waals surface area contributed by atoms with Gasteiger partial charge in [0, 0.05) is 23.4 Å². The van der Waals surface area contributed by atoms with E-state index in [1.165, 1.54) is 13.8 Å². The minimum Gasteiger partial charge on any atom is -0.443 e. The Morgan fingerprint density at radius 2 is 1.84 bits per heavy atom. The van der Waals surface area contributed by atoms with Crippen molar-refractivity contribution in [1.29, 1.82) is 5.26 Å². The summed E-state index contributed by atoms with van der Waals surface area (Å²) in [6.07, 6.45) is -0.0872. The first kappa shape index (κ1) is 18.4. The summed E-state index contributed by atoms with van der Waals surface area (Å²) in [5, 5.41) is 12.1. The van der Waals surface area contributed by atoms with Gasteiger partial charge >= 0.3 is 0 Å². The van der Waals surface area contributed by atoms with Crippen molar-refractivity contribution in [3.8, 4) is 6.07 Å². The van der Waals surface area contributed by atoms with Crippen LogP contribution in [0.4, 0.5) is 5.88 Å². The van der Waals surface area contributed by atoms with Crippen LogP contribution in [0, 0.1) is 18.3 Å². The molecular weight excluding hydrogens is 344 g/mol. The van der Waals surface area contributed by atoms with Gasteiger partial charge in [0.2, 0.25) is 11.8 Å². The third-order valence-electron chi connectivity index (χ3n) is 3.55. The molecule has 0 unspecified atom stereocenters. The van der Waals surface area contributed by atoms with Crippen molar-refractivity contribution in [3.05, 3.63) is 51.7 Å². The Morgan fingerprint density at radius 1 is 1.20 bits per heavy atom. The molecule has 0 spiro atoms. The Hall–Kier alpha value is -2.91. The molecule has 0 saturated heterocycles. The van der Waals surface area contributed by atoms with Gasteiger partial charge in [-0.15, -0.1) is 0 Å². The highest BCUT2D eigenvalue weighted by Gasteiger charge is 2.22. The molecule has 0 aliphatic carbocycles. The number of anilines is 1. The number of halogens is 1. The summed E-state index contributed by atoms with van der Waals surface area (Å²) >= 11 is 5.76. The molecule has 2 aromatic rings. The number of nitrogens with zero attached hydrogens (tertiary/aromatic N) is 1. The SMILES string of the molecule is CC(=O)c1c(C)oc(NC(=O)CCC(=O)c2ccc(Cl)cc2)c1C#N. The van der Waals surface area contributed by atoms with Gasteiger partial charge in [-0.2, -0.15) is 5.26 Å². The zero-order valence-corrected chi connectivity index (χ0v) is 14.4. The van der Waals surface area contributed by atoms with Gasteiger partial charge in [-0.1, -0.05) is 11.6 Å². The lowest BCUT2D eigenvalue weighted by atomic mass is 10.1. The van der Waals surface area contributed by atoms with Gasteiger partial charge in [-0.3, -0.25) is 19.7 Å². The Balaban J connectivity index is 2.02.